The fourth-order valence-electron chi connectivity index (χ4n) is 1.90. The third kappa shape index (κ3) is 4.01. The second-order valence-corrected chi connectivity index (χ2v) is 4.43. The van der Waals surface area contributed by atoms with Gasteiger partial charge in [0.05, 0.1) is 6.54 Å². The van der Waals surface area contributed by atoms with E-state index in [1.165, 1.54) is 0 Å². The van der Waals surface area contributed by atoms with Crippen LogP contribution in [-0.2, 0) is 11.3 Å². The summed E-state index contributed by atoms with van der Waals surface area (Å²) in [5.74, 6) is -0.222. The number of aromatic nitrogens is 2. The van der Waals surface area contributed by atoms with Crippen LogP contribution in [0.4, 0.5) is 0 Å². The van der Waals surface area contributed by atoms with Gasteiger partial charge in [-0.3, -0.25) is 14.7 Å². The molecule has 0 spiro atoms. The zero-order valence-corrected chi connectivity index (χ0v) is 10.5. The van der Waals surface area contributed by atoms with Crippen molar-refractivity contribution >= 4 is 11.7 Å². The average molecular weight is 263 g/mol. The van der Waals surface area contributed by atoms with E-state index in [0.717, 1.165) is 18.0 Å². The summed E-state index contributed by atoms with van der Waals surface area (Å²) in [4.78, 5) is 24.2. The number of imidazole rings is 1. The Balaban J connectivity index is 1.97. The summed E-state index contributed by atoms with van der Waals surface area (Å²) in [5.41, 5.74) is 6.60. The van der Waals surface area contributed by atoms with E-state index in [9.17, 15) is 4.79 Å². The first-order chi connectivity index (χ1) is 9.15. The summed E-state index contributed by atoms with van der Waals surface area (Å²) in [5, 5.41) is 8.90. The van der Waals surface area contributed by atoms with Gasteiger partial charge in [-0.2, -0.15) is 0 Å². The molecule has 1 atom stereocenters. The minimum Gasteiger partial charge on any atom is -0.480 e. The van der Waals surface area contributed by atoms with Crippen molar-refractivity contribution in [3.63, 3.8) is 0 Å². The zero-order chi connectivity index (χ0) is 13.7. The molecular weight excluding hydrogens is 246 g/mol. The van der Waals surface area contributed by atoms with Crippen molar-refractivity contribution in [2.75, 3.05) is 13.1 Å². The number of nitrogens with zero attached hydrogens (tertiary/aromatic N) is 3. The van der Waals surface area contributed by atoms with Gasteiger partial charge >= 0.3 is 5.97 Å². The lowest BCUT2D eigenvalue weighted by molar-refractivity contribution is -0.139. The number of nitrogens with one attached hydrogen (secondary N) is 1. The molecule has 0 aliphatic carbocycles. The van der Waals surface area contributed by atoms with Crippen molar-refractivity contribution < 1.29 is 9.90 Å². The van der Waals surface area contributed by atoms with Gasteiger partial charge in [0.2, 0.25) is 0 Å². The predicted molar refractivity (Wildman–Crippen MR) is 70.7 cm³/mol. The lowest BCUT2D eigenvalue weighted by Crippen LogP contribution is -2.44. The number of carboxylic acids is 1. The van der Waals surface area contributed by atoms with E-state index in [1.54, 1.807) is 18.6 Å². The number of aliphatic carboxylic acids is 1. The molecule has 1 aliphatic heterocycles. The van der Waals surface area contributed by atoms with E-state index < -0.39 is 12.0 Å². The molecule has 0 bridgehead atoms. The number of H-pyrrole nitrogens is 1. The first-order valence-electron chi connectivity index (χ1n) is 6.04. The van der Waals surface area contributed by atoms with Crippen LogP contribution in [0, 0.1) is 0 Å². The lowest BCUT2D eigenvalue weighted by Gasteiger charge is -2.23. The predicted octanol–water partition coefficient (Wildman–Crippen LogP) is -0.0180. The monoisotopic (exact) mass is 263 g/mol. The Morgan fingerprint density at radius 1 is 1.58 bits per heavy atom. The van der Waals surface area contributed by atoms with Gasteiger partial charge in [0.15, 0.2) is 0 Å². The molecule has 2 heterocycles. The molecule has 0 saturated carbocycles. The molecule has 4 N–H and O–H groups in total. The van der Waals surface area contributed by atoms with E-state index in [-0.39, 0.29) is 6.54 Å². The summed E-state index contributed by atoms with van der Waals surface area (Å²) < 4.78 is 0. The van der Waals surface area contributed by atoms with Crippen molar-refractivity contribution in [2.45, 2.75) is 19.0 Å². The smallest absolute Gasteiger partial charge is 0.321 e. The quantitative estimate of drug-likeness (QED) is 0.641. The largest absolute Gasteiger partial charge is 0.480 e. The van der Waals surface area contributed by atoms with Crippen molar-refractivity contribution in [1.29, 1.82) is 0 Å². The summed E-state index contributed by atoms with van der Waals surface area (Å²) >= 11 is 0. The number of nitrogens with two attached hydrogens (primary N) is 1. The number of allylic oxidation sites excluding steroid dienone is 1. The highest BCUT2D eigenvalue weighted by molar-refractivity contribution is 5.89. The topological polar surface area (TPSA) is 108 Å². The molecule has 7 heteroatoms. The molecule has 0 radical (unpaired) electrons. The van der Waals surface area contributed by atoms with Crippen molar-refractivity contribution in [3.8, 4) is 0 Å². The SMILES string of the molecule is N[C@H](CN(CC1=NC=CC1)Cc1ncc[nH]1)C(=O)O. The highest BCUT2D eigenvalue weighted by Crippen LogP contribution is 2.06. The molecular formula is C12H17N5O2. The molecule has 1 aromatic rings. The van der Waals surface area contributed by atoms with Crippen molar-refractivity contribution in [3.05, 3.63) is 30.5 Å². The number of aliphatic imine (C=N–C) groups is 1. The Hall–Kier alpha value is -1.99. The van der Waals surface area contributed by atoms with Gasteiger partial charge in [0.1, 0.15) is 11.9 Å². The standard InChI is InChI=1S/C12H17N5O2/c13-10(12(18)19)7-17(6-9-2-1-3-14-9)8-11-15-4-5-16-11/h1,3-5,10H,2,6-8,13H2,(H,15,16)(H,18,19)/t10-/m1/s1. The fraction of sp³-hybridized carbons (Fsp3) is 0.417. The zero-order valence-electron chi connectivity index (χ0n) is 10.5. The normalized spacial score (nSPS) is 15.8. The van der Waals surface area contributed by atoms with E-state index in [2.05, 4.69) is 15.0 Å². The Morgan fingerprint density at radius 2 is 2.42 bits per heavy atom. The van der Waals surface area contributed by atoms with Crippen LogP contribution in [0.2, 0.25) is 0 Å². The maximum atomic E-state index is 10.9. The Bertz CT molecular complexity index is 480. The van der Waals surface area contributed by atoms with E-state index >= 15 is 0 Å². The number of aromatic amines is 1. The second-order valence-electron chi connectivity index (χ2n) is 4.43. The molecule has 102 valence electrons. The Kier molecular flexibility index (Phi) is 4.43. The van der Waals surface area contributed by atoms with Crippen LogP contribution in [-0.4, -0.2) is 50.8 Å². The average Bonchev–Trinajstić information content (AvgIpc) is 3.01. The number of carbonyl (C=O) groups is 1. The molecule has 2 rings (SSSR count). The molecule has 1 aromatic heterocycles. The summed E-state index contributed by atoms with van der Waals surface area (Å²) in [7, 11) is 0. The summed E-state index contributed by atoms with van der Waals surface area (Å²) in [6.45, 7) is 1.37. The Labute approximate surface area is 110 Å². The minimum absolute atomic E-state index is 0.259. The molecule has 0 amide bonds. The van der Waals surface area contributed by atoms with Crippen molar-refractivity contribution in [2.24, 2.45) is 10.7 Å². The van der Waals surface area contributed by atoms with Crippen LogP contribution in [0.15, 0.2) is 29.7 Å². The van der Waals surface area contributed by atoms with Crippen LogP contribution in [0.25, 0.3) is 0 Å². The minimum atomic E-state index is -1.00. The summed E-state index contributed by atoms with van der Waals surface area (Å²) in [6, 6.07) is -0.912. The highest BCUT2D eigenvalue weighted by Gasteiger charge is 2.19. The van der Waals surface area contributed by atoms with Gasteiger partial charge in [0, 0.05) is 43.8 Å². The number of hydrogen-bond acceptors (Lipinski definition) is 5. The Morgan fingerprint density at radius 3 is 3.00 bits per heavy atom. The van der Waals surface area contributed by atoms with Crippen LogP contribution < -0.4 is 5.73 Å². The van der Waals surface area contributed by atoms with Crippen LogP contribution in [0.3, 0.4) is 0 Å². The van der Waals surface area contributed by atoms with E-state index in [1.807, 2.05) is 11.0 Å². The lowest BCUT2D eigenvalue weighted by atomic mass is 10.2. The van der Waals surface area contributed by atoms with E-state index in [0.29, 0.717) is 13.1 Å². The number of carboxylic acid groups (broad SMARTS) is 1. The first-order valence-corrected chi connectivity index (χ1v) is 6.04. The number of rotatable bonds is 7. The molecule has 0 saturated heterocycles. The van der Waals surface area contributed by atoms with Gasteiger partial charge in [-0.15, -0.1) is 0 Å². The van der Waals surface area contributed by atoms with Gasteiger partial charge in [-0.05, 0) is 0 Å². The van der Waals surface area contributed by atoms with Gasteiger partial charge < -0.3 is 15.8 Å². The molecule has 7 nitrogen and oxygen atoms in total. The third-order valence-corrected chi connectivity index (χ3v) is 2.82. The van der Waals surface area contributed by atoms with Crippen LogP contribution >= 0.6 is 0 Å². The van der Waals surface area contributed by atoms with E-state index in [4.69, 9.17) is 10.8 Å². The molecule has 1 aliphatic rings. The molecule has 19 heavy (non-hydrogen) atoms. The molecule has 0 unspecified atom stereocenters. The fourth-order valence-corrected chi connectivity index (χ4v) is 1.90. The second kappa shape index (κ2) is 6.26. The molecule has 0 aromatic carbocycles. The van der Waals surface area contributed by atoms with Crippen LogP contribution in [0.5, 0.6) is 0 Å². The summed E-state index contributed by atoms with van der Waals surface area (Å²) in [6.07, 6.45) is 7.94. The van der Waals surface area contributed by atoms with Crippen molar-refractivity contribution in [1.82, 2.24) is 14.9 Å². The first kappa shape index (κ1) is 13.4. The van der Waals surface area contributed by atoms with Gasteiger partial charge in [-0.25, -0.2) is 4.98 Å². The maximum Gasteiger partial charge on any atom is 0.321 e. The van der Waals surface area contributed by atoms with Gasteiger partial charge in [-0.1, -0.05) is 6.08 Å². The third-order valence-electron chi connectivity index (χ3n) is 2.82. The maximum absolute atomic E-state index is 10.9. The van der Waals surface area contributed by atoms with Crippen LogP contribution in [0.1, 0.15) is 12.2 Å². The molecule has 0 fully saturated rings. The van der Waals surface area contributed by atoms with Gasteiger partial charge in [0.25, 0.3) is 0 Å². The number of hydrogen-bond donors (Lipinski definition) is 3. The highest BCUT2D eigenvalue weighted by atomic mass is 16.4.